The lowest BCUT2D eigenvalue weighted by Crippen LogP contribution is -2.16. The number of pyridine rings is 1. The fourth-order valence-corrected chi connectivity index (χ4v) is 3.94. The number of nitrogens with one attached hydrogen (secondary N) is 1. The van der Waals surface area contributed by atoms with Crippen LogP contribution in [0.3, 0.4) is 0 Å². The molecule has 1 aromatic heterocycles. The summed E-state index contributed by atoms with van der Waals surface area (Å²) in [6.07, 6.45) is 2.22. The number of amides is 1. The number of rotatable bonds is 5. The monoisotopic (exact) mass is 444 g/mol. The van der Waals surface area contributed by atoms with Gasteiger partial charge in [-0.2, -0.15) is 0 Å². The van der Waals surface area contributed by atoms with Crippen molar-refractivity contribution in [2.45, 2.75) is 13.3 Å². The second-order valence-corrected chi connectivity index (χ2v) is 7.83. The molecule has 3 aromatic carbocycles. The number of aryl methyl sites for hydroxylation is 1. The van der Waals surface area contributed by atoms with Crippen LogP contribution < -0.4 is 5.32 Å². The fraction of sp³-hybridized carbons (Fsp3) is 0.115. The first-order valence-corrected chi connectivity index (χ1v) is 10.5. The number of anilines is 1. The van der Waals surface area contributed by atoms with E-state index in [1.54, 1.807) is 30.5 Å². The molecule has 0 aliphatic carbocycles. The number of fused-ring (bicyclic) bond motifs is 1. The standard InChI is InChI=1S/C26H21ClN2O3/c1-16-5-3-6-19(15-17-8-10-18(11-9-17)26(31)32-2)23(16)25(30)29-22-13-12-21(27)20-7-4-14-28-24(20)22/h3-14H,15H2,1-2H3,(H,29,30). The summed E-state index contributed by atoms with van der Waals surface area (Å²) in [5.41, 5.74) is 5.09. The molecule has 0 saturated heterocycles. The van der Waals surface area contributed by atoms with Gasteiger partial charge in [0, 0.05) is 17.1 Å². The Morgan fingerprint density at radius 3 is 2.53 bits per heavy atom. The van der Waals surface area contributed by atoms with Crippen LogP contribution in [0.25, 0.3) is 10.9 Å². The lowest BCUT2D eigenvalue weighted by molar-refractivity contribution is 0.0600. The van der Waals surface area contributed by atoms with Crippen LogP contribution in [0.1, 0.15) is 37.4 Å². The third kappa shape index (κ3) is 4.34. The van der Waals surface area contributed by atoms with Crippen LogP contribution in [-0.4, -0.2) is 24.0 Å². The number of halogens is 1. The number of methoxy groups -OCH3 is 1. The first-order chi connectivity index (χ1) is 15.5. The molecule has 1 N–H and O–H groups in total. The van der Waals surface area contributed by atoms with Crippen LogP contribution >= 0.6 is 11.6 Å². The van der Waals surface area contributed by atoms with Gasteiger partial charge in [0.2, 0.25) is 0 Å². The van der Waals surface area contributed by atoms with E-state index in [-0.39, 0.29) is 11.9 Å². The van der Waals surface area contributed by atoms with Gasteiger partial charge in [-0.05, 0) is 66.4 Å². The second kappa shape index (κ2) is 9.20. The van der Waals surface area contributed by atoms with Gasteiger partial charge in [0.1, 0.15) is 0 Å². The van der Waals surface area contributed by atoms with Crippen LogP contribution in [0.2, 0.25) is 5.02 Å². The Balaban J connectivity index is 1.64. The molecule has 1 heterocycles. The quantitative estimate of drug-likeness (QED) is 0.393. The molecular weight excluding hydrogens is 424 g/mol. The van der Waals surface area contributed by atoms with Gasteiger partial charge in [-0.1, -0.05) is 41.9 Å². The fourth-order valence-electron chi connectivity index (χ4n) is 3.72. The van der Waals surface area contributed by atoms with E-state index < -0.39 is 0 Å². The molecule has 32 heavy (non-hydrogen) atoms. The third-order valence-corrected chi connectivity index (χ3v) is 5.65. The smallest absolute Gasteiger partial charge is 0.337 e. The Kier molecular flexibility index (Phi) is 6.19. The molecule has 0 fully saturated rings. The highest BCUT2D eigenvalue weighted by molar-refractivity contribution is 6.36. The number of aromatic nitrogens is 1. The SMILES string of the molecule is COC(=O)c1ccc(Cc2cccc(C)c2C(=O)Nc2ccc(Cl)c3cccnc23)cc1. The molecule has 0 radical (unpaired) electrons. The van der Waals surface area contributed by atoms with Crippen molar-refractivity contribution < 1.29 is 14.3 Å². The van der Waals surface area contributed by atoms with Crippen molar-refractivity contribution in [1.82, 2.24) is 4.98 Å². The summed E-state index contributed by atoms with van der Waals surface area (Å²) in [5.74, 6) is -0.588. The van der Waals surface area contributed by atoms with Gasteiger partial charge in [0.25, 0.3) is 5.91 Å². The number of hydrogen-bond acceptors (Lipinski definition) is 4. The average molecular weight is 445 g/mol. The van der Waals surface area contributed by atoms with Crippen molar-refractivity contribution in [1.29, 1.82) is 0 Å². The summed E-state index contributed by atoms with van der Waals surface area (Å²) in [6.45, 7) is 1.91. The van der Waals surface area contributed by atoms with E-state index in [1.807, 2.05) is 49.4 Å². The van der Waals surface area contributed by atoms with Crippen LogP contribution in [0.4, 0.5) is 5.69 Å². The Morgan fingerprint density at radius 1 is 1.00 bits per heavy atom. The first-order valence-electron chi connectivity index (χ1n) is 10.1. The number of benzene rings is 3. The summed E-state index contributed by atoms with van der Waals surface area (Å²) in [4.78, 5) is 29.4. The summed E-state index contributed by atoms with van der Waals surface area (Å²) in [5, 5.41) is 4.37. The van der Waals surface area contributed by atoms with Gasteiger partial charge in [0.05, 0.1) is 28.9 Å². The van der Waals surface area contributed by atoms with Gasteiger partial charge < -0.3 is 10.1 Å². The van der Waals surface area contributed by atoms with Crippen LogP contribution in [0, 0.1) is 6.92 Å². The molecule has 5 nitrogen and oxygen atoms in total. The van der Waals surface area contributed by atoms with Crippen molar-refractivity contribution in [3.05, 3.63) is 106 Å². The molecule has 0 bridgehead atoms. The van der Waals surface area contributed by atoms with Crippen molar-refractivity contribution in [2.24, 2.45) is 0 Å². The lowest BCUT2D eigenvalue weighted by atomic mass is 9.95. The average Bonchev–Trinajstić information content (AvgIpc) is 2.81. The van der Waals surface area contributed by atoms with Gasteiger partial charge in [0.15, 0.2) is 0 Å². The molecule has 160 valence electrons. The maximum Gasteiger partial charge on any atom is 0.337 e. The molecule has 4 aromatic rings. The largest absolute Gasteiger partial charge is 0.465 e. The summed E-state index contributed by atoms with van der Waals surface area (Å²) < 4.78 is 4.75. The van der Waals surface area contributed by atoms with Gasteiger partial charge in [-0.15, -0.1) is 0 Å². The maximum atomic E-state index is 13.3. The Hall–Kier alpha value is -3.70. The number of nitrogens with zero attached hydrogens (tertiary/aromatic N) is 1. The van der Waals surface area contributed by atoms with Gasteiger partial charge in [-0.3, -0.25) is 9.78 Å². The Morgan fingerprint density at radius 2 is 1.78 bits per heavy atom. The molecule has 6 heteroatoms. The molecule has 0 spiro atoms. The highest BCUT2D eigenvalue weighted by Gasteiger charge is 2.17. The number of esters is 1. The zero-order valence-corrected chi connectivity index (χ0v) is 18.4. The highest BCUT2D eigenvalue weighted by Crippen LogP contribution is 2.29. The van der Waals surface area contributed by atoms with E-state index in [0.717, 1.165) is 22.1 Å². The van der Waals surface area contributed by atoms with E-state index in [1.165, 1.54) is 7.11 Å². The van der Waals surface area contributed by atoms with Crippen LogP contribution in [-0.2, 0) is 11.2 Å². The first kappa shape index (κ1) is 21.5. The highest BCUT2D eigenvalue weighted by atomic mass is 35.5. The van der Waals surface area contributed by atoms with E-state index >= 15 is 0 Å². The Bertz CT molecular complexity index is 1320. The van der Waals surface area contributed by atoms with Crippen molar-refractivity contribution in [2.75, 3.05) is 12.4 Å². The number of hydrogen-bond donors (Lipinski definition) is 1. The van der Waals surface area contributed by atoms with Crippen molar-refractivity contribution >= 4 is 40.1 Å². The normalized spacial score (nSPS) is 10.7. The minimum Gasteiger partial charge on any atom is -0.465 e. The van der Waals surface area contributed by atoms with E-state index in [9.17, 15) is 9.59 Å². The molecule has 0 atom stereocenters. The summed E-state index contributed by atoms with van der Waals surface area (Å²) >= 11 is 6.28. The maximum absolute atomic E-state index is 13.3. The molecule has 0 aliphatic heterocycles. The lowest BCUT2D eigenvalue weighted by Gasteiger charge is -2.14. The van der Waals surface area contributed by atoms with Crippen molar-refractivity contribution in [3.63, 3.8) is 0 Å². The number of ether oxygens (including phenoxy) is 1. The van der Waals surface area contributed by atoms with Gasteiger partial charge in [-0.25, -0.2) is 4.79 Å². The molecule has 0 saturated carbocycles. The minimum absolute atomic E-state index is 0.210. The van der Waals surface area contributed by atoms with E-state index in [0.29, 0.717) is 33.8 Å². The molecular formula is C26H21ClN2O3. The Labute approximate surface area is 191 Å². The topological polar surface area (TPSA) is 68.3 Å². The summed E-state index contributed by atoms with van der Waals surface area (Å²) in [7, 11) is 1.35. The molecule has 0 aliphatic rings. The second-order valence-electron chi connectivity index (χ2n) is 7.42. The predicted octanol–water partition coefficient (Wildman–Crippen LogP) is 5.83. The van der Waals surface area contributed by atoms with Crippen LogP contribution in [0.15, 0.2) is 72.9 Å². The predicted molar refractivity (Wildman–Crippen MR) is 126 cm³/mol. The zero-order valence-electron chi connectivity index (χ0n) is 17.7. The number of carbonyl (C=O) groups excluding carboxylic acids is 2. The minimum atomic E-state index is -0.379. The molecule has 1 amide bonds. The zero-order chi connectivity index (χ0) is 22.7. The van der Waals surface area contributed by atoms with Crippen molar-refractivity contribution in [3.8, 4) is 0 Å². The van der Waals surface area contributed by atoms with E-state index in [2.05, 4.69) is 10.3 Å². The van der Waals surface area contributed by atoms with Gasteiger partial charge >= 0.3 is 5.97 Å². The third-order valence-electron chi connectivity index (χ3n) is 5.32. The van der Waals surface area contributed by atoms with Crippen LogP contribution in [0.5, 0.6) is 0 Å². The summed E-state index contributed by atoms with van der Waals surface area (Å²) in [6, 6.07) is 20.2. The molecule has 4 rings (SSSR count). The number of carbonyl (C=O) groups is 2. The van der Waals surface area contributed by atoms with E-state index in [4.69, 9.17) is 16.3 Å². The molecule has 0 unspecified atom stereocenters.